The van der Waals surface area contributed by atoms with Crippen molar-refractivity contribution in [1.82, 2.24) is 0 Å². The number of unbranched alkanes of at least 4 members (excludes halogenated alkanes) is 1. The molecule has 0 aromatic rings. The zero-order valence-electron chi connectivity index (χ0n) is 12.6. The van der Waals surface area contributed by atoms with Gasteiger partial charge in [0.2, 0.25) is 6.08 Å². The van der Waals surface area contributed by atoms with Gasteiger partial charge < -0.3 is 13.3 Å². The van der Waals surface area contributed by atoms with E-state index in [9.17, 15) is 9.59 Å². The molecule has 0 atom stereocenters. The average Bonchev–Trinajstić information content (AvgIpc) is 2.39. The molecule has 0 amide bonds. The molecule has 0 spiro atoms. The molecule has 20 heavy (non-hydrogen) atoms. The van der Waals surface area contributed by atoms with Gasteiger partial charge in [-0.05, 0) is 33.6 Å². The SMILES string of the molecule is CCO[Si](CC(=O)CCCCN=C=O)(OCC)OCC. The van der Waals surface area contributed by atoms with Crippen LogP contribution in [0.4, 0.5) is 0 Å². The van der Waals surface area contributed by atoms with Crippen LogP contribution in [-0.4, -0.2) is 47.0 Å². The molecule has 116 valence electrons. The number of nitrogens with zero attached hydrogens (tertiary/aromatic N) is 1. The van der Waals surface area contributed by atoms with Crippen molar-refractivity contribution in [3.05, 3.63) is 0 Å². The first-order valence-electron chi connectivity index (χ1n) is 7.11. The van der Waals surface area contributed by atoms with E-state index in [4.69, 9.17) is 13.3 Å². The van der Waals surface area contributed by atoms with E-state index in [2.05, 4.69) is 4.99 Å². The van der Waals surface area contributed by atoms with Crippen molar-refractivity contribution < 1.29 is 22.9 Å². The quantitative estimate of drug-likeness (QED) is 0.225. The minimum absolute atomic E-state index is 0.0714. The lowest BCUT2D eigenvalue weighted by atomic mass is 10.2. The highest BCUT2D eigenvalue weighted by molar-refractivity contribution is 6.64. The second kappa shape index (κ2) is 11.9. The number of carbonyl (C=O) groups is 1. The Balaban J connectivity index is 4.32. The highest BCUT2D eigenvalue weighted by Crippen LogP contribution is 2.18. The van der Waals surface area contributed by atoms with Crippen molar-refractivity contribution in [1.29, 1.82) is 0 Å². The summed E-state index contributed by atoms with van der Waals surface area (Å²) in [7, 11) is -2.87. The Bertz CT molecular complexity index is 301. The first-order valence-corrected chi connectivity index (χ1v) is 9.04. The zero-order valence-corrected chi connectivity index (χ0v) is 13.6. The number of aliphatic imine (C=N–C) groups is 1. The van der Waals surface area contributed by atoms with Gasteiger partial charge in [-0.1, -0.05) is 0 Å². The number of Topliss-reactive ketones (excluding diaryl/α,β-unsaturated/α-hetero) is 1. The molecule has 0 aliphatic rings. The standard InChI is InChI=1S/C13H25NO5Si/c1-4-17-20(18-5-2,19-6-3)11-13(16)9-7-8-10-14-12-15/h4-11H2,1-3H3. The van der Waals surface area contributed by atoms with E-state index in [0.29, 0.717) is 45.6 Å². The van der Waals surface area contributed by atoms with E-state index in [1.165, 1.54) is 6.08 Å². The van der Waals surface area contributed by atoms with Crippen LogP contribution in [0.15, 0.2) is 4.99 Å². The maximum atomic E-state index is 12.0. The largest absolute Gasteiger partial charge is 0.508 e. The van der Waals surface area contributed by atoms with Gasteiger partial charge in [0, 0.05) is 26.2 Å². The maximum absolute atomic E-state index is 12.0. The summed E-state index contributed by atoms with van der Waals surface area (Å²) in [6.07, 6.45) is 3.30. The third-order valence-corrected chi connectivity index (χ3v) is 5.56. The maximum Gasteiger partial charge on any atom is 0.508 e. The van der Waals surface area contributed by atoms with E-state index in [1.54, 1.807) is 0 Å². The molecule has 0 aromatic heterocycles. The van der Waals surface area contributed by atoms with Crippen molar-refractivity contribution in [2.45, 2.75) is 46.1 Å². The lowest BCUT2D eigenvalue weighted by Gasteiger charge is -2.27. The predicted octanol–water partition coefficient (Wildman–Crippen LogP) is 2.11. The molecular weight excluding hydrogens is 278 g/mol. The molecule has 0 rings (SSSR count). The summed E-state index contributed by atoms with van der Waals surface area (Å²) in [6, 6.07) is 0.208. The van der Waals surface area contributed by atoms with Crippen molar-refractivity contribution >= 4 is 20.7 Å². The lowest BCUT2D eigenvalue weighted by molar-refractivity contribution is -0.118. The molecule has 0 heterocycles. The van der Waals surface area contributed by atoms with E-state index in [1.807, 2.05) is 20.8 Å². The van der Waals surface area contributed by atoms with Gasteiger partial charge in [0.15, 0.2) is 0 Å². The number of carbonyl (C=O) groups excluding carboxylic acids is 2. The Kier molecular flexibility index (Phi) is 11.4. The Morgan fingerprint density at radius 3 is 2.05 bits per heavy atom. The van der Waals surface area contributed by atoms with Crippen molar-refractivity contribution in [3.63, 3.8) is 0 Å². The molecule has 7 heteroatoms. The summed E-state index contributed by atoms with van der Waals surface area (Å²) in [5.74, 6) is 0.0714. The third kappa shape index (κ3) is 8.34. The monoisotopic (exact) mass is 303 g/mol. The molecule has 0 fully saturated rings. The van der Waals surface area contributed by atoms with E-state index in [0.717, 1.165) is 0 Å². The van der Waals surface area contributed by atoms with Gasteiger partial charge in [0.1, 0.15) is 5.78 Å². The lowest BCUT2D eigenvalue weighted by Crippen LogP contribution is -2.47. The third-order valence-electron chi connectivity index (χ3n) is 2.55. The minimum atomic E-state index is -2.87. The molecule has 0 N–H and O–H groups in total. The second-order valence-electron chi connectivity index (χ2n) is 4.13. The van der Waals surface area contributed by atoms with Gasteiger partial charge in [-0.2, -0.15) is 0 Å². The van der Waals surface area contributed by atoms with Gasteiger partial charge >= 0.3 is 8.80 Å². The molecule has 0 aliphatic heterocycles. The molecule has 0 aliphatic carbocycles. The number of ketones is 1. The summed E-state index contributed by atoms with van der Waals surface area (Å²) in [6.45, 7) is 7.40. The summed E-state index contributed by atoms with van der Waals surface area (Å²) in [5, 5.41) is 0. The number of rotatable bonds is 13. The van der Waals surface area contributed by atoms with Crippen molar-refractivity contribution in [2.24, 2.45) is 4.99 Å². The fourth-order valence-corrected chi connectivity index (χ4v) is 4.36. The van der Waals surface area contributed by atoms with Crippen LogP contribution >= 0.6 is 0 Å². The smallest absolute Gasteiger partial charge is 0.373 e. The first-order chi connectivity index (χ1) is 9.64. The van der Waals surface area contributed by atoms with Crippen LogP contribution in [0.25, 0.3) is 0 Å². The molecule has 0 aromatic carbocycles. The number of hydrogen-bond acceptors (Lipinski definition) is 6. The van der Waals surface area contributed by atoms with E-state index >= 15 is 0 Å². The molecule has 0 saturated carbocycles. The fraction of sp³-hybridized carbons (Fsp3) is 0.846. The van der Waals surface area contributed by atoms with E-state index < -0.39 is 8.80 Å². The van der Waals surface area contributed by atoms with Crippen LogP contribution in [0.3, 0.4) is 0 Å². The molecule has 0 bridgehead atoms. The van der Waals surface area contributed by atoms with Crippen LogP contribution < -0.4 is 0 Å². The summed E-state index contributed by atoms with van der Waals surface area (Å²) in [5.41, 5.74) is 0. The van der Waals surface area contributed by atoms with Gasteiger partial charge in [-0.3, -0.25) is 4.79 Å². The van der Waals surface area contributed by atoms with Crippen molar-refractivity contribution in [2.75, 3.05) is 26.4 Å². The number of isocyanates is 1. The van der Waals surface area contributed by atoms with Crippen LogP contribution in [-0.2, 0) is 22.9 Å². The Hall–Kier alpha value is -0.853. The van der Waals surface area contributed by atoms with Crippen LogP contribution in [0, 0.1) is 0 Å². The average molecular weight is 303 g/mol. The van der Waals surface area contributed by atoms with Crippen LogP contribution in [0.2, 0.25) is 6.04 Å². The first kappa shape index (κ1) is 19.1. The number of hydrogen-bond donors (Lipinski definition) is 0. The van der Waals surface area contributed by atoms with Crippen LogP contribution in [0.1, 0.15) is 40.0 Å². The predicted molar refractivity (Wildman–Crippen MR) is 77.3 cm³/mol. The Morgan fingerprint density at radius 1 is 1.05 bits per heavy atom. The van der Waals surface area contributed by atoms with Gasteiger partial charge in [0.05, 0.1) is 12.6 Å². The second-order valence-corrected chi connectivity index (χ2v) is 6.71. The Morgan fingerprint density at radius 2 is 1.60 bits per heavy atom. The van der Waals surface area contributed by atoms with Crippen LogP contribution in [0.5, 0.6) is 0 Å². The van der Waals surface area contributed by atoms with E-state index in [-0.39, 0.29) is 11.8 Å². The summed E-state index contributed by atoms with van der Waals surface area (Å²) >= 11 is 0. The highest BCUT2D eigenvalue weighted by atomic mass is 28.4. The molecule has 0 saturated heterocycles. The highest BCUT2D eigenvalue weighted by Gasteiger charge is 2.42. The topological polar surface area (TPSA) is 74.2 Å². The molecule has 0 unspecified atom stereocenters. The fourth-order valence-electron chi connectivity index (χ4n) is 1.83. The van der Waals surface area contributed by atoms with Gasteiger partial charge in [-0.15, -0.1) is 0 Å². The summed E-state index contributed by atoms with van der Waals surface area (Å²) < 4.78 is 16.9. The zero-order chi connectivity index (χ0) is 15.3. The normalized spacial score (nSPS) is 11.2. The van der Waals surface area contributed by atoms with Gasteiger partial charge in [0.25, 0.3) is 0 Å². The Labute approximate surface area is 121 Å². The summed E-state index contributed by atoms with van der Waals surface area (Å²) in [4.78, 5) is 25.4. The minimum Gasteiger partial charge on any atom is -0.373 e. The van der Waals surface area contributed by atoms with Crippen molar-refractivity contribution in [3.8, 4) is 0 Å². The molecule has 0 radical (unpaired) electrons. The molecule has 6 nitrogen and oxygen atoms in total. The van der Waals surface area contributed by atoms with Gasteiger partial charge in [-0.25, -0.2) is 9.79 Å². The molecular formula is C13H25NO5Si.